The number of aryl methyl sites for hydroxylation is 1. The number of hydrogen-bond acceptors (Lipinski definition) is 11. The van der Waals surface area contributed by atoms with E-state index in [2.05, 4.69) is 54.3 Å². The number of hydrogen-bond donors (Lipinski definition) is 3. The van der Waals surface area contributed by atoms with Crippen LogP contribution in [-0.2, 0) is 52.8 Å². The first-order valence-corrected chi connectivity index (χ1v) is 24.0. The summed E-state index contributed by atoms with van der Waals surface area (Å²) in [6, 6.07) is 12.4. The van der Waals surface area contributed by atoms with Crippen molar-refractivity contribution >= 4 is 40.5 Å². The minimum atomic E-state index is -1.18. The SMILES string of the molecule is CCn1c(-c2cccnc2[C@H](C)OC)c2c3cc(ccc31)-c1cc(O)cc(c1)C[C@H](NC(=O)[C@H](C(C)C)N(C)C(=O)CN(C)C(=O)[C@@H]1CN1C(C)C)C(=O)N1CCC[C@H](N1)C(=O)OCC(C)(C)C2. The second-order valence-corrected chi connectivity index (χ2v) is 20.2. The zero-order valence-corrected chi connectivity index (χ0v) is 41.6. The predicted molar refractivity (Wildman–Crippen MR) is 260 cm³/mol. The van der Waals surface area contributed by atoms with E-state index in [1.54, 1.807) is 32.5 Å². The van der Waals surface area contributed by atoms with Crippen molar-refractivity contribution in [3.05, 3.63) is 71.5 Å². The Bertz CT molecular complexity index is 2550. The van der Waals surface area contributed by atoms with Crippen molar-refractivity contribution in [3.8, 4) is 28.1 Å². The summed E-state index contributed by atoms with van der Waals surface area (Å²) in [5.41, 5.74) is 9.50. The maximum Gasteiger partial charge on any atom is 0.324 e. The van der Waals surface area contributed by atoms with Gasteiger partial charge in [-0.15, -0.1) is 0 Å². The van der Waals surface area contributed by atoms with Gasteiger partial charge >= 0.3 is 5.97 Å². The molecule has 0 radical (unpaired) electrons. The highest BCUT2D eigenvalue weighted by Gasteiger charge is 2.44. The predicted octanol–water partition coefficient (Wildman–Crippen LogP) is 5.49. The zero-order valence-electron chi connectivity index (χ0n) is 41.6. The van der Waals surface area contributed by atoms with Gasteiger partial charge in [-0.05, 0) is 112 Å². The van der Waals surface area contributed by atoms with Gasteiger partial charge in [0.25, 0.3) is 5.91 Å². The van der Waals surface area contributed by atoms with Crippen LogP contribution in [0.25, 0.3) is 33.3 Å². The van der Waals surface area contributed by atoms with Gasteiger partial charge in [0, 0.05) is 81.4 Å². The van der Waals surface area contributed by atoms with Crippen LogP contribution in [0.5, 0.6) is 5.75 Å². The van der Waals surface area contributed by atoms with E-state index in [4.69, 9.17) is 14.5 Å². The van der Waals surface area contributed by atoms with E-state index in [9.17, 15) is 29.1 Å². The van der Waals surface area contributed by atoms with E-state index >= 15 is 0 Å². The number of amides is 4. The van der Waals surface area contributed by atoms with Crippen molar-refractivity contribution in [2.45, 2.75) is 124 Å². The number of carbonyl (C=O) groups excluding carboxylic acids is 5. The Hall–Kier alpha value is -5.84. The smallest absolute Gasteiger partial charge is 0.324 e. The van der Waals surface area contributed by atoms with Crippen LogP contribution in [0.1, 0.15) is 91.2 Å². The summed E-state index contributed by atoms with van der Waals surface area (Å²) in [6.45, 7) is 17.4. The Labute approximate surface area is 400 Å². The van der Waals surface area contributed by atoms with Crippen molar-refractivity contribution in [3.63, 3.8) is 0 Å². The second kappa shape index (κ2) is 20.4. The molecule has 6 bridgehead atoms. The molecule has 2 saturated heterocycles. The van der Waals surface area contributed by atoms with E-state index in [1.165, 1.54) is 21.9 Å². The molecular formula is C52H70N8O8. The number of ether oxygens (including phenoxy) is 2. The van der Waals surface area contributed by atoms with Crippen molar-refractivity contribution in [2.24, 2.45) is 11.3 Å². The van der Waals surface area contributed by atoms with E-state index in [1.807, 2.05) is 57.7 Å². The molecule has 366 valence electrons. The maximum absolute atomic E-state index is 14.7. The van der Waals surface area contributed by atoms with E-state index < -0.39 is 47.2 Å². The van der Waals surface area contributed by atoms with Crippen molar-refractivity contribution in [1.29, 1.82) is 0 Å². The monoisotopic (exact) mass is 935 g/mol. The zero-order chi connectivity index (χ0) is 49.4. The minimum Gasteiger partial charge on any atom is -0.508 e. The summed E-state index contributed by atoms with van der Waals surface area (Å²) in [5.74, 6) is -2.50. The first-order chi connectivity index (χ1) is 32.2. The number of likely N-dealkylation sites (N-methyl/N-ethyl adjacent to an activating group) is 2. The number of nitrogens with zero attached hydrogens (tertiary/aromatic N) is 6. The molecule has 0 saturated carbocycles. The van der Waals surface area contributed by atoms with E-state index in [-0.39, 0.29) is 61.9 Å². The van der Waals surface area contributed by atoms with Crippen molar-refractivity contribution in [2.75, 3.05) is 47.4 Å². The molecule has 3 N–H and O–H groups in total. The quantitative estimate of drug-likeness (QED) is 0.121. The lowest BCUT2D eigenvalue weighted by Crippen LogP contribution is -2.62. The molecule has 2 aromatic heterocycles. The third-order valence-electron chi connectivity index (χ3n) is 13.7. The van der Waals surface area contributed by atoms with Crippen LogP contribution in [-0.4, -0.2) is 142 Å². The Kier molecular flexibility index (Phi) is 15.0. The number of methoxy groups -OCH3 is 1. The van der Waals surface area contributed by atoms with Crippen LogP contribution in [0.3, 0.4) is 0 Å². The molecule has 16 heteroatoms. The number of phenols is 1. The number of pyridine rings is 1. The summed E-state index contributed by atoms with van der Waals surface area (Å²) in [6.07, 6.45) is 2.94. The topological polar surface area (TPSA) is 179 Å². The van der Waals surface area contributed by atoms with Gasteiger partial charge in [-0.2, -0.15) is 0 Å². The Balaban J connectivity index is 1.28. The highest BCUT2D eigenvalue weighted by atomic mass is 16.5. The molecule has 4 amide bonds. The van der Waals surface area contributed by atoms with Crippen LogP contribution in [0.2, 0.25) is 0 Å². The van der Waals surface area contributed by atoms with E-state index in [0.29, 0.717) is 43.5 Å². The first kappa shape index (κ1) is 50.0. The standard InChI is InChI=1S/C52H70N8O8/c1-12-58-42-18-17-34-25-38(42)39(47(58)37-15-13-19-53-45(37)32(6)67-11)26-52(7,8)29-68-51(66)40-16-14-20-60(55-40)49(64)41(23-33-21-35(34)24-36(61)22-33)54-48(63)46(30(2)3)57(10)44(62)28-56(9)50(65)43-27-59(43)31(4)5/h13,15,17-19,21-22,24-25,30-32,40-41,43,46,55,61H,12,14,16,20,23,26-29H2,1-11H3,(H,54,63)/t32-,40-,41-,43-,46-,59?/m0/s1. The highest BCUT2D eigenvalue weighted by molar-refractivity contribution is 5.96. The molecular weight excluding hydrogens is 865 g/mol. The number of aromatic hydroxyl groups is 1. The molecule has 4 aromatic rings. The molecule has 3 aliphatic heterocycles. The summed E-state index contributed by atoms with van der Waals surface area (Å²) >= 11 is 0. The van der Waals surface area contributed by atoms with E-state index in [0.717, 1.165) is 39.0 Å². The summed E-state index contributed by atoms with van der Waals surface area (Å²) in [4.78, 5) is 79.7. The highest BCUT2D eigenvalue weighted by Crippen LogP contribution is 2.42. The van der Waals surface area contributed by atoms with Gasteiger partial charge in [-0.3, -0.25) is 38.9 Å². The Morgan fingerprint density at radius 2 is 1.79 bits per heavy atom. The summed E-state index contributed by atoms with van der Waals surface area (Å²) in [7, 11) is 4.80. The lowest BCUT2D eigenvalue weighted by molar-refractivity contribution is -0.155. The first-order valence-electron chi connectivity index (χ1n) is 24.0. The van der Waals surface area contributed by atoms with Gasteiger partial charge in [0.15, 0.2) is 0 Å². The van der Waals surface area contributed by atoms with Crippen LogP contribution in [0.15, 0.2) is 54.7 Å². The van der Waals surface area contributed by atoms with Gasteiger partial charge in [0.05, 0.1) is 30.6 Å². The third kappa shape index (κ3) is 10.6. The molecule has 1 unspecified atom stereocenters. The second-order valence-electron chi connectivity index (χ2n) is 20.2. The number of esters is 1. The van der Waals surface area contributed by atoms with Gasteiger partial charge in [-0.1, -0.05) is 39.8 Å². The lowest BCUT2D eigenvalue weighted by Gasteiger charge is -2.37. The summed E-state index contributed by atoms with van der Waals surface area (Å²) < 4.78 is 14.2. The molecule has 0 spiro atoms. The fourth-order valence-corrected chi connectivity index (χ4v) is 9.99. The lowest BCUT2D eigenvalue weighted by atomic mass is 9.84. The number of phenolic OH excluding ortho intramolecular Hbond substituents is 1. The Morgan fingerprint density at radius 1 is 1.04 bits per heavy atom. The number of nitrogens with one attached hydrogen (secondary N) is 2. The number of aromatic nitrogens is 2. The third-order valence-corrected chi connectivity index (χ3v) is 13.7. The Morgan fingerprint density at radius 3 is 2.47 bits per heavy atom. The summed E-state index contributed by atoms with van der Waals surface area (Å²) in [5, 5.41) is 16.7. The van der Waals surface area contributed by atoms with Gasteiger partial charge < -0.3 is 34.3 Å². The van der Waals surface area contributed by atoms with Crippen molar-refractivity contribution < 1.29 is 38.6 Å². The van der Waals surface area contributed by atoms with Gasteiger partial charge in [0.2, 0.25) is 17.7 Å². The van der Waals surface area contributed by atoms with Crippen LogP contribution >= 0.6 is 0 Å². The fraction of sp³-hybridized carbons (Fsp3) is 0.538. The molecule has 0 aliphatic carbocycles. The van der Waals surface area contributed by atoms with Gasteiger partial charge in [-0.25, -0.2) is 5.43 Å². The fourth-order valence-electron chi connectivity index (χ4n) is 9.99. The van der Waals surface area contributed by atoms with Gasteiger partial charge in [0.1, 0.15) is 29.9 Å². The van der Waals surface area contributed by atoms with Crippen LogP contribution < -0.4 is 10.7 Å². The normalized spacial score (nSPS) is 21.5. The molecule has 2 aromatic carbocycles. The molecule has 5 heterocycles. The van der Waals surface area contributed by atoms with Crippen LogP contribution in [0.4, 0.5) is 0 Å². The number of cyclic esters (lactones) is 1. The van der Waals surface area contributed by atoms with Crippen LogP contribution in [0, 0.1) is 11.3 Å². The average molecular weight is 935 g/mol. The minimum absolute atomic E-state index is 0.0167. The molecule has 16 nitrogen and oxygen atoms in total. The molecule has 7 rings (SSSR count). The molecule has 2 fully saturated rings. The number of benzene rings is 2. The number of hydrazine groups is 1. The maximum atomic E-state index is 14.7. The number of carbonyl (C=O) groups is 5. The average Bonchev–Trinajstić information content (AvgIpc) is 4.06. The number of rotatable bonds is 12. The largest absolute Gasteiger partial charge is 0.508 e. The number of fused-ring (bicyclic) bond motifs is 6. The molecule has 68 heavy (non-hydrogen) atoms. The molecule has 3 aliphatic rings. The molecule has 6 atom stereocenters. The van der Waals surface area contributed by atoms with Crippen molar-refractivity contribution in [1.82, 2.24) is 40.0 Å².